The van der Waals surface area contributed by atoms with E-state index in [0.29, 0.717) is 12.0 Å². The molecule has 1 aromatic carbocycles. The number of nitrogens with two attached hydrogens (primary N) is 1. The fourth-order valence-corrected chi connectivity index (χ4v) is 3.88. The van der Waals surface area contributed by atoms with Crippen LogP contribution in [0.1, 0.15) is 57.4 Å². The van der Waals surface area contributed by atoms with Crippen LogP contribution in [-0.4, -0.2) is 30.6 Å². The van der Waals surface area contributed by atoms with Gasteiger partial charge in [0.25, 0.3) is 0 Å². The predicted molar refractivity (Wildman–Crippen MR) is 91.5 cm³/mol. The zero-order valence-electron chi connectivity index (χ0n) is 13.8. The first kappa shape index (κ1) is 16.5. The molecule has 2 N–H and O–H groups in total. The van der Waals surface area contributed by atoms with Gasteiger partial charge in [0.2, 0.25) is 0 Å². The van der Waals surface area contributed by atoms with Gasteiger partial charge in [-0.1, -0.05) is 50.6 Å². The van der Waals surface area contributed by atoms with Gasteiger partial charge in [-0.25, -0.2) is 0 Å². The second kappa shape index (κ2) is 8.55. The minimum absolute atomic E-state index is 0.672. The Kier molecular flexibility index (Phi) is 6.72. The first-order chi connectivity index (χ1) is 10.3. The number of benzene rings is 1. The Morgan fingerprint density at radius 2 is 1.90 bits per heavy atom. The molecule has 0 radical (unpaired) electrons. The molecule has 0 amide bonds. The molecule has 1 aliphatic carbocycles. The van der Waals surface area contributed by atoms with E-state index in [4.69, 9.17) is 5.73 Å². The van der Waals surface area contributed by atoms with Crippen LogP contribution in [0.5, 0.6) is 0 Å². The molecule has 1 aromatic rings. The maximum Gasteiger partial charge on any atom is 0.0141 e. The summed E-state index contributed by atoms with van der Waals surface area (Å²) in [6, 6.07) is 11.7. The van der Waals surface area contributed by atoms with Gasteiger partial charge in [0.15, 0.2) is 0 Å². The van der Waals surface area contributed by atoms with Gasteiger partial charge in [0.1, 0.15) is 0 Å². The van der Waals surface area contributed by atoms with E-state index in [1.165, 1.54) is 44.2 Å². The van der Waals surface area contributed by atoms with Gasteiger partial charge in [-0.2, -0.15) is 0 Å². The molecule has 0 spiro atoms. The molecule has 0 saturated heterocycles. The summed E-state index contributed by atoms with van der Waals surface area (Å²) in [4.78, 5) is 2.69. The van der Waals surface area contributed by atoms with Crippen LogP contribution in [0.15, 0.2) is 30.3 Å². The van der Waals surface area contributed by atoms with E-state index >= 15 is 0 Å². The smallest absolute Gasteiger partial charge is 0.0141 e. The number of nitrogens with zero attached hydrogens (tertiary/aromatic N) is 1. The van der Waals surface area contributed by atoms with E-state index in [2.05, 4.69) is 49.1 Å². The summed E-state index contributed by atoms with van der Waals surface area (Å²) < 4.78 is 0. The number of rotatable bonds is 7. The van der Waals surface area contributed by atoms with Crippen molar-refractivity contribution in [2.75, 3.05) is 19.6 Å². The van der Waals surface area contributed by atoms with Crippen LogP contribution >= 0.6 is 0 Å². The Morgan fingerprint density at radius 1 is 1.14 bits per heavy atom. The molecule has 118 valence electrons. The molecule has 21 heavy (non-hydrogen) atoms. The summed E-state index contributed by atoms with van der Waals surface area (Å²) in [6.45, 7) is 7.81. The van der Waals surface area contributed by atoms with E-state index in [1.807, 2.05) is 0 Å². The lowest BCUT2D eigenvalue weighted by Crippen LogP contribution is -2.46. The molecule has 3 unspecified atom stereocenters. The summed E-state index contributed by atoms with van der Waals surface area (Å²) in [7, 11) is 0. The fraction of sp³-hybridized carbons (Fsp3) is 0.684. The van der Waals surface area contributed by atoms with Crippen LogP contribution in [0.4, 0.5) is 0 Å². The third kappa shape index (κ3) is 4.31. The van der Waals surface area contributed by atoms with E-state index < -0.39 is 0 Å². The van der Waals surface area contributed by atoms with Crippen molar-refractivity contribution in [3.63, 3.8) is 0 Å². The van der Waals surface area contributed by atoms with E-state index in [-0.39, 0.29) is 0 Å². The summed E-state index contributed by atoms with van der Waals surface area (Å²) in [5.41, 5.74) is 7.59. The van der Waals surface area contributed by atoms with Gasteiger partial charge >= 0.3 is 0 Å². The quantitative estimate of drug-likeness (QED) is 0.821. The Labute approximate surface area is 130 Å². The van der Waals surface area contributed by atoms with Crippen LogP contribution in [-0.2, 0) is 0 Å². The SMILES string of the molecule is CCCCN(CC)C1CC(c2ccccc2)CCC1CN. The molecular weight excluding hydrogens is 256 g/mol. The molecular formula is C19H32N2. The van der Waals surface area contributed by atoms with E-state index in [1.54, 1.807) is 0 Å². The van der Waals surface area contributed by atoms with E-state index in [0.717, 1.165) is 19.0 Å². The molecule has 1 aliphatic rings. The maximum absolute atomic E-state index is 6.07. The Bertz CT molecular complexity index is 390. The summed E-state index contributed by atoms with van der Waals surface area (Å²) in [6.07, 6.45) is 6.44. The monoisotopic (exact) mass is 288 g/mol. The van der Waals surface area contributed by atoms with Crippen LogP contribution < -0.4 is 5.73 Å². The van der Waals surface area contributed by atoms with Crippen LogP contribution in [0.3, 0.4) is 0 Å². The average Bonchev–Trinajstić information content (AvgIpc) is 2.56. The average molecular weight is 288 g/mol. The van der Waals surface area contributed by atoms with Crippen LogP contribution in [0.25, 0.3) is 0 Å². The van der Waals surface area contributed by atoms with E-state index in [9.17, 15) is 0 Å². The highest BCUT2D eigenvalue weighted by molar-refractivity contribution is 5.20. The highest BCUT2D eigenvalue weighted by Gasteiger charge is 2.33. The molecule has 2 rings (SSSR count). The Morgan fingerprint density at radius 3 is 2.52 bits per heavy atom. The van der Waals surface area contributed by atoms with Gasteiger partial charge in [0.05, 0.1) is 0 Å². The van der Waals surface area contributed by atoms with Crippen molar-refractivity contribution in [2.45, 2.75) is 57.9 Å². The van der Waals surface area contributed by atoms with Crippen molar-refractivity contribution in [3.05, 3.63) is 35.9 Å². The van der Waals surface area contributed by atoms with Crippen LogP contribution in [0, 0.1) is 5.92 Å². The zero-order chi connectivity index (χ0) is 15.1. The number of hydrogen-bond acceptors (Lipinski definition) is 2. The maximum atomic E-state index is 6.07. The minimum Gasteiger partial charge on any atom is -0.330 e. The largest absolute Gasteiger partial charge is 0.330 e. The highest BCUT2D eigenvalue weighted by atomic mass is 15.2. The summed E-state index contributed by atoms with van der Waals surface area (Å²) in [5.74, 6) is 1.40. The lowest BCUT2D eigenvalue weighted by Gasteiger charge is -2.42. The lowest BCUT2D eigenvalue weighted by molar-refractivity contribution is 0.101. The Balaban J connectivity index is 2.07. The highest BCUT2D eigenvalue weighted by Crippen LogP contribution is 2.38. The predicted octanol–water partition coefficient (Wildman–Crippen LogP) is 4.02. The van der Waals surface area contributed by atoms with Crippen molar-refractivity contribution in [2.24, 2.45) is 11.7 Å². The standard InChI is InChI=1S/C19H32N2/c1-3-5-13-21(4-2)19-14-17(11-12-18(19)15-20)16-9-7-6-8-10-16/h6-10,17-19H,3-5,11-15,20H2,1-2H3. The van der Waals surface area contributed by atoms with Gasteiger partial charge in [-0.3, -0.25) is 0 Å². The van der Waals surface area contributed by atoms with Gasteiger partial charge in [0, 0.05) is 6.04 Å². The van der Waals surface area contributed by atoms with Crippen molar-refractivity contribution in [3.8, 4) is 0 Å². The van der Waals surface area contributed by atoms with Crippen molar-refractivity contribution < 1.29 is 0 Å². The molecule has 0 bridgehead atoms. The van der Waals surface area contributed by atoms with Gasteiger partial charge in [-0.05, 0) is 62.7 Å². The zero-order valence-corrected chi connectivity index (χ0v) is 13.8. The molecule has 0 aliphatic heterocycles. The molecule has 2 heteroatoms. The molecule has 2 nitrogen and oxygen atoms in total. The molecule has 3 atom stereocenters. The van der Waals surface area contributed by atoms with Crippen molar-refractivity contribution in [1.29, 1.82) is 0 Å². The van der Waals surface area contributed by atoms with Crippen molar-refractivity contribution >= 4 is 0 Å². The number of hydrogen-bond donors (Lipinski definition) is 1. The summed E-state index contributed by atoms with van der Waals surface area (Å²) >= 11 is 0. The summed E-state index contributed by atoms with van der Waals surface area (Å²) in [5, 5.41) is 0. The molecule has 0 heterocycles. The minimum atomic E-state index is 0.672. The first-order valence-electron chi connectivity index (χ1n) is 8.79. The molecule has 1 fully saturated rings. The third-order valence-corrected chi connectivity index (χ3v) is 5.20. The second-order valence-electron chi connectivity index (χ2n) is 6.47. The number of unbranched alkanes of at least 4 members (excludes halogenated alkanes) is 1. The third-order valence-electron chi connectivity index (χ3n) is 5.20. The molecule has 0 aromatic heterocycles. The van der Waals surface area contributed by atoms with Gasteiger partial charge in [-0.15, -0.1) is 0 Å². The molecule has 1 saturated carbocycles. The van der Waals surface area contributed by atoms with Crippen LogP contribution in [0.2, 0.25) is 0 Å². The second-order valence-corrected chi connectivity index (χ2v) is 6.47. The lowest BCUT2D eigenvalue weighted by atomic mass is 9.74. The van der Waals surface area contributed by atoms with Gasteiger partial charge < -0.3 is 10.6 Å². The normalized spacial score (nSPS) is 26.2. The Hall–Kier alpha value is -0.860. The first-order valence-corrected chi connectivity index (χ1v) is 8.79. The topological polar surface area (TPSA) is 29.3 Å². The van der Waals surface area contributed by atoms with Crippen molar-refractivity contribution in [1.82, 2.24) is 4.90 Å². The fourth-order valence-electron chi connectivity index (χ4n) is 3.88.